The van der Waals surface area contributed by atoms with Gasteiger partial charge in [0.2, 0.25) is 0 Å². The van der Waals surface area contributed by atoms with Crippen LogP contribution in [-0.4, -0.2) is 10.5 Å². The summed E-state index contributed by atoms with van der Waals surface area (Å²) in [6.07, 6.45) is 0. The molecule has 4 heteroatoms. The zero-order chi connectivity index (χ0) is 13.3. The van der Waals surface area contributed by atoms with E-state index in [0.29, 0.717) is 5.69 Å². The van der Waals surface area contributed by atoms with Crippen LogP contribution in [0, 0.1) is 13.8 Å². The topological polar surface area (TPSA) is 34.0 Å². The van der Waals surface area contributed by atoms with Crippen LogP contribution in [0.5, 0.6) is 0 Å². The number of amides is 1. The highest BCUT2D eigenvalue weighted by atomic mass is 79.9. The van der Waals surface area contributed by atoms with Gasteiger partial charge >= 0.3 is 0 Å². The van der Waals surface area contributed by atoms with Crippen LogP contribution >= 0.6 is 15.9 Å². The van der Waals surface area contributed by atoms with Crippen LogP contribution in [0.1, 0.15) is 21.7 Å². The Morgan fingerprint density at radius 1 is 1.22 bits per heavy atom. The van der Waals surface area contributed by atoms with E-state index in [4.69, 9.17) is 0 Å². The first-order valence-corrected chi connectivity index (χ1v) is 6.48. The summed E-state index contributed by atoms with van der Waals surface area (Å²) in [5, 5.41) is 2.89. The van der Waals surface area contributed by atoms with Gasteiger partial charge in [0.05, 0.1) is 0 Å². The smallest absolute Gasteiger partial charge is 0.272 e. The Labute approximate surface area is 115 Å². The molecule has 0 bridgehead atoms. The quantitative estimate of drug-likeness (QED) is 0.902. The van der Waals surface area contributed by atoms with Crippen molar-refractivity contribution in [3.63, 3.8) is 0 Å². The molecule has 2 aromatic rings. The summed E-state index contributed by atoms with van der Waals surface area (Å²) in [4.78, 5) is 12.1. The molecule has 1 amide bonds. The lowest BCUT2D eigenvalue weighted by molar-refractivity contribution is 0.101. The van der Waals surface area contributed by atoms with Crippen LogP contribution in [0.3, 0.4) is 0 Å². The van der Waals surface area contributed by atoms with Gasteiger partial charge in [-0.25, -0.2) is 0 Å². The van der Waals surface area contributed by atoms with Crippen molar-refractivity contribution in [3.05, 3.63) is 51.8 Å². The minimum absolute atomic E-state index is 0.0960. The van der Waals surface area contributed by atoms with E-state index in [9.17, 15) is 4.79 Å². The monoisotopic (exact) mass is 306 g/mol. The molecule has 0 fully saturated rings. The largest absolute Gasteiger partial charge is 0.344 e. The number of benzene rings is 1. The highest BCUT2D eigenvalue weighted by molar-refractivity contribution is 9.10. The minimum Gasteiger partial charge on any atom is -0.344 e. The van der Waals surface area contributed by atoms with Crippen LogP contribution < -0.4 is 5.32 Å². The Bertz CT molecular complexity index is 602. The van der Waals surface area contributed by atoms with Gasteiger partial charge in [0.25, 0.3) is 5.91 Å². The molecule has 1 aromatic carbocycles. The third-order valence-corrected chi connectivity index (χ3v) is 3.89. The summed E-state index contributed by atoms with van der Waals surface area (Å²) in [7, 11) is 1.88. The highest BCUT2D eigenvalue weighted by Gasteiger charge is 2.11. The number of nitrogens with one attached hydrogen (secondary N) is 1. The van der Waals surface area contributed by atoms with Crippen LogP contribution in [0.2, 0.25) is 0 Å². The van der Waals surface area contributed by atoms with Crippen molar-refractivity contribution >= 4 is 27.5 Å². The molecule has 0 unspecified atom stereocenters. The van der Waals surface area contributed by atoms with Crippen molar-refractivity contribution in [2.45, 2.75) is 13.8 Å². The molecule has 0 atom stereocenters. The number of aryl methyl sites for hydroxylation is 2. The summed E-state index contributed by atoms with van der Waals surface area (Å²) in [6.45, 7) is 3.98. The van der Waals surface area contributed by atoms with E-state index in [-0.39, 0.29) is 5.91 Å². The normalized spacial score (nSPS) is 10.4. The number of aromatic nitrogens is 1. The Morgan fingerprint density at radius 3 is 2.50 bits per heavy atom. The first-order valence-electron chi connectivity index (χ1n) is 5.69. The summed E-state index contributed by atoms with van der Waals surface area (Å²) in [5.74, 6) is -0.0960. The van der Waals surface area contributed by atoms with E-state index in [1.807, 2.05) is 55.8 Å². The highest BCUT2D eigenvalue weighted by Crippen LogP contribution is 2.21. The fraction of sp³-hybridized carbons (Fsp3) is 0.214. The van der Waals surface area contributed by atoms with Crippen molar-refractivity contribution in [1.82, 2.24) is 4.57 Å². The molecule has 1 heterocycles. The molecule has 1 aromatic heterocycles. The number of hydrogen-bond acceptors (Lipinski definition) is 1. The van der Waals surface area contributed by atoms with Crippen LogP contribution in [0.15, 0.2) is 34.8 Å². The molecule has 0 radical (unpaired) electrons. The second kappa shape index (κ2) is 4.98. The van der Waals surface area contributed by atoms with Gasteiger partial charge < -0.3 is 9.88 Å². The Hall–Kier alpha value is -1.55. The van der Waals surface area contributed by atoms with E-state index in [1.165, 1.54) is 0 Å². The van der Waals surface area contributed by atoms with Gasteiger partial charge in [0.1, 0.15) is 5.69 Å². The number of nitrogens with zero attached hydrogens (tertiary/aromatic N) is 1. The molecule has 18 heavy (non-hydrogen) atoms. The number of rotatable bonds is 2. The van der Waals surface area contributed by atoms with Crippen LogP contribution in [0.4, 0.5) is 5.69 Å². The van der Waals surface area contributed by atoms with E-state index < -0.39 is 0 Å². The molecule has 0 aliphatic rings. The number of carbonyl (C=O) groups excluding carboxylic acids is 1. The second-order valence-electron chi connectivity index (χ2n) is 4.34. The van der Waals surface area contributed by atoms with Crippen LogP contribution in [0.25, 0.3) is 0 Å². The summed E-state index contributed by atoms with van der Waals surface area (Å²) in [6, 6.07) is 9.53. The molecule has 94 valence electrons. The molecule has 3 nitrogen and oxygen atoms in total. The fourth-order valence-corrected chi connectivity index (χ4v) is 2.09. The number of halogens is 1. The first-order chi connectivity index (χ1) is 8.49. The Balaban J connectivity index is 2.21. The number of anilines is 1. The SMILES string of the molecule is Cc1ccc(NC(=O)c2ccc(C)n2C)cc1Br. The van der Waals surface area contributed by atoms with Crippen molar-refractivity contribution in [3.8, 4) is 0 Å². The van der Waals surface area contributed by atoms with E-state index in [0.717, 1.165) is 21.4 Å². The summed E-state index contributed by atoms with van der Waals surface area (Å²) >= 11 is 3.45. The molecule has 0 spiro atoms. The van der Waals surface area contributed by atoms with Gasteiger partial charge in [0, 0.05) is 22.9 Å². The number of carbonyl (C=O) groups is 1. The number of hydrogen-bond donors (Lipinski definition) is 1. The third kappa shape index (κ3) is 2.48. The molecule has 0 aliphatic carbocycles. The Morgan fingerprint density at radius 2 is 1.94 bits per heavy atom. The summed E-state index contributed by atoms with van der Waals surface area (Å²) < 4.78 is 2.86. The molecule has 0 saturated carbocycles. The van der Waals surface area contributed by atoms with Gasteiger partial charge in [-0.3, -0.25) is 4.79 Å². The Kier molecular flexibility index (Phi) is 3.57. The van der Waals surface area contributed by atoms with Crippen molar-refractivity contribution < 1.29 is 4.79 Å². The van der Waals surface area contributed by atoms with Gasteiger partial charge in [-0.05, 0) is 43.7 Å². The maximum absolute atomic E-state index is 12.1. The lowest BCUT2D eigenvalue weighted by atomic mass is 10.2. The zero-order valence-corrected chi connectivity index (χ0v) is 12.2. The lowest BCUT2D eigenvalue weighted by Crippen LogP contribution is -2.16. The standard InChI is InChI=1S/C14H15BrN2O/c1-9-4-6-11(8-12(9)15)16-14(18)13-7-5-10(2)17(13)3/h4-8H,1-3H3,(H,16,18). The summed E-state index contributed by atoms with van der Waals surface area (Å²) in [5.41, 5.74) is 3.65. The van der Waals surface area contributed by atoms with E-state index >= 15 is 0 Å². The lowest BCUT2D eigenvalue weighted by Gasteiger charge is -2.08. The average molecular weight is 307 g/mol. The molecular formula is C14H15BrN2O. The van der Waals surface area contributed by atoms with Crippen molar-refractivity contribution in [2.24, 2.45) is 7.05 Å². The average Bonchev–Trinajstić information content (AvgIpc) is 2.65. The van der Waals surface area contributed by atoms with Gasteiger partial charge in [-0.1, -0.05) is 22.0 Å². The fourth-order valence-electron chi connectivity index (χ4n) is 1.71. The molecule has 0 aliphatic heterocycles. The van der Waals surface area contributed by atoms with Gasteiger partial charge in [0.15, 0.2) is 0 Å². The van der Waals surface area contributed by atoms with Gasteiger partial charge in [-0.15, -0.1) is 0 Å². The maximum atomic E-state index is 12.1. The predicted molar refractivity (Wildman–Crippen MR) is 77.0 cm³/mol. The molecular weight excluding hydrogens is 292 g/mol. The van der Waals surface area contributed by atoms with Crippen LogP contribution in [-0.2, 0) is 7.05 Å². The molecule has 1 N–H and O–H groups in total. The first kappa shape index (κ1) is 12.9. The minimum atomic E-state index is -0.0960. The van der Waals surface area contributed by atoms with E-state index in [2.05, 4.69) is 21.2 Å². The van der Waals surface area contributed by atoms with E-state index in [1.54, 1.807) is 0 Å². The molecule has 0 saturated heterocycles. The maximum Gasteiger partial charge on any atom is 0.272 e. The second-order valence-corrected chi connectivity index (χ2v) is 5.19. The third-order valence-electron chi connectivity index (χ3n) is 3.04. The van der Waals surface area contributed by atoms with Crippen molar-refractivity contribution in [1.29, 1.82) is 0 Å². The zero-order valence-electron chi connectivity index (χ0n) is 10.6. The predicted octanol–water partition coefficient (Wildman–Crippen LogP) is 3.66. The van der Waals surface area contributed by atoms with Crippen molar-refractivity contribution in [2.75, 3.05) is 5.32 Å². The molecule has 2 rings (SSSR count). The van der Waals surface area contributed by atoms with Gasteiger partial charge in [-0.2, -0.15) is 0 Å².